The maximum atomic E-state index is 13.9. The Hall–Kier alpha value is -2.92. The van der Waals surface area contributed by atoms with Crippen LogP contribution in [0.4, 0.5) is 13.2 Å². The first-order valence-corrected chi connectivity index (χ1v) is 13.6. The second-order valence-electron chi connectivity index (χ2n) is 11.6. The Bertz CT molecular complexity index is 992. The van der Waals surface area contributed by atoms with Crippen molar-refractivity contribution >= 4 is 29.4 Å². The Morgan fingerprint density at radius 2 is 1.77 bits per heavy atom. The summed E-state index contributed by atoms with van der Waals surface area (Å²) in [7, 11) is 0. The molecule has 2 saturated heterocycles. The van der Waals surface area contributed by atoms with Crippen LogP contribution in [0.1, 0.15) is 65.7 Å². The fraction of sp³-hybridized carbons (Fsp3) is 0.741. The van der Waals surface area contributed by atoms with Gasteiger partial charge in [0.15, 0.2) is 5.78 Å². The molecule has 0 bridgehead atoms. The van der Waals surface area contributed by atoms with Crippen LogP contribution in [-0.2, 0) is 24.0 Å². The van der Waals surface area contributed by atoms with Gasteiger partial charge in [-0.2, -0.15) is 13.2 Å². The molecule has 3 aliphatic rings. The van der Waals surface area contributed by atoms with Gasteiger partial charge in [-0.1, -0.05) is 46.6 Å². The molecule has 0 aromatic carbocycles. The third kappa shape index (κ3) is 6.81. The third-order valence-corrected chi connectivity index (χ3v) is 8.76. The lowest BCUT2D eigenvalue weighted by Crippen LogP contribution is -2.60. The Morgan fingerprint density at radius 1 is 1.13 bits per heavy atom. The molecule has 3 N–H and O–H groups in total. The van der Waals surface area contributed by atoms with Gasteiger partial charge >= 0.3 is 12.1 Å². The van der Waals surface area contributed by atoms with Gasteiger partial charge in [-0.05, 0) is 49.0 Å². The van der Waals surface area contributed by atoms with Crippen LogP contribution in [-0.4, -0.2) is 71.7 Å². The molecule has 218 valence electrons. The summed E-state index contributed by atoms with van der Waals surface area (Å²) in [6.07, 6.45) is -0.221. The van der Waals surface area contributed by atoms with Crippen molar-refractivity contribution in [1.82, 2.24) is 20.9 Å². The summed E-state index contributed by atoms with van der Waals surface area (Å²) in [5.41, 5.74) is -0.794. The summed E-state index contributed by atoms with van der Waals surface area (Å²) < 4.78 is 39.6. The summed E-state index contributed by atoms with van der Waals surface area (Å²) in [5.74, 6) is -5.44. The molecule has 2 heterocycles. The first-order chi connectivity index (χ1) is 18.2. The zero-order chi connectivity index (χ0) is 29.1. The highest BCUT2D eigenvalue weighted by Gasteiger charge is 2.54. The van der Waals surface area contributed by atoms with Crippen LogP contribution in [0.2, 0.25) is 0 Å². The third-order valence-electron chi connectivity index (χ3n) is 8.76. The molecule has 4 amide bonds. The van der Waals surface area contributed by atoms with Crippen LogP contribution in [0.3, 0.4) is 0 Å². The number of halogens is 3. The topological polar surface area (TPSA) is 125 Å². The number of amides is 4. The van der Waals surface area contributed by atoms with Gasteiger partial charge in [0.05, 0.1) is 6.04 Å². The Labute approximate surface area is 226 Å². The minimum absolute atomic E-state index is 0.0609. The molecular formula is C27H39F3N4O5. The van der Waals surface area contributed by atoms with E-state index in [0.717, 1.165) is 25.3 Å². The van der Waals surface area contributed by atoms with E-state index in [2.05, 4.69) is 17.2 Å². The van der Waals surface area contributed by atoms with Crippen molar-refractivity contribution in [1.29, 1.82) is 0 Å². The monoisotopic (exact) mass is 556 g/mol. The fourth-order valence-electron chi connectivity index (χ4n) is 6.05. The lowest BCUT2D eigenvalue weighted by molar-refractivity contribution is -0.176. The van der Waals surface area contributed by atoms with E-state index in [9.17, 15) is 37.1 Å². The number of likely N-dealkylation sites (tertiary alicyclic amines) is 1. The van der Waals surface area contributed by atoms with Crippen molar-refractivity contribution in [2.45, 2.75) is 90.0 Å². The minimum Gasteiger partial charge on any atom is -0.356 e. The van der Waals surface area contributed by atoms with Crippen LogP contribution < -0.4 is 16.0 Å². The molecule has 0 aromatic rings. The standard InChI is InChI=1S/C27H39F3N4O5/c1-5-19(35)18(13-17-11-12-31-22(17)36)32-23(37)21-26(3,4)15(2)14-34(21)24(38)20(16-9-7-6-8-10-16)33-25(39)27(28,29)30/h5,15-18,20-21H,1,6-14H2,2-4H3,(H,31,36)(H,32,37)(H,33,39)/t15-,17+,18+,20?,21-/m1/s1. The number of hydrogen-bond donors (Lipinski definition) is 3. The van der Waals surface area contributed by atoms with Gasteiger partial charge in [0.1, 0.15) is 12.1 Å². The average molecular weight is 557 g/mol. The van der Waals surface area contributed by atoms with E-state index in [4.69, 9.17) is 0 Å². The highest BCUT2D eigenvalue weighted by molar-refractivity contribution is 5.99. The second kappa shape index (κ2) is 12.1. The zero-order valence-corrected chi connectivity index (χ0v) is 22.7. The molecule has 2 aliphatic heterocycles. The lowest BCUT2D eigenvalue weighted by Gasteiger charge is -2.37. The van der Waals surface area contributed by atoms with Crippen LogP contribution in [0.25, 0.3) is 0 Å². The molecule has 1 saturated carbocycles. The van der Waals surface area contributed by atoms with Gasteiger partial charge < -0.3 is 20.9 Å². The van der Waals surface area contributed by atoms with Crippen molar-refractivity contribution in [2.75, 3.05) is 13.1 Å². The van der Waals surface area contributed by atoms with E-state index in [1.807, 2.05) is 12.2 Å². The fourth-order valence-corrected chi connectivity index (χ4v) is 6.05. The number of nitrogens with zero attached hydrogens (tertiary/aromatic N) is 1. The van der Waals surface area contributed by atoms with E-state index in [-0.39, 0.29) is 24.8 Å². The van der Waals surface area contributed by atoms with Crippen LogP contribution in [0.15, 0.2) is 12.7 Å². The summed E-state index contributed by atoms with van der Waals surface area (Å²) in [5, 5.41) is 7.32. The molecule has 0 aromatic heterocycles. The summed E-state index contributed by atoms with van der Waals surface area (Å²) >= 11 is 0. The largest absolute Gasteiger partial charge is 0.471 e. The van der Waals surface area contributed by atoms with Gasteiger partial charge in [0.25, 0.3) is 0 Å². The predicted octanol–water partition coefficient (Wildman–Crippen LogP) is 2.25. The van der Waals surface area contributed by atoms with Gasteiger partial charge in [-0.25, -0.2) is 0 Å². The van der Waals surface area contributed by atoms with E-state index < -0.39 is 65.1 Å². The van der Waals surface area contributed by atoms with Crippen molar-refractivity contribution in [3.8, 4) is 0 Å². The molecule has 9 nitrogen and oxygen atoms in total. The summed E-state index contributed by atoms with van der Waals surface area (Å²) in [6.45, 7) is 9.46. The summed E-state index contributed by atoms with van der Waals surface area (Å²) in [6, 6.07) is -3.58. The maximum Gasteiger partial charge on any atom is 0.471 e. The lowest BCUT2D eigenvalue weighted by atomic mass is 9.77. The van der Waals surface area contributed by atoms with Crippen molar-refractivity contribution in [3.63, 3.8) is 0 Å². The smallest absolute Gasteiger partial charge is 0.356 e. The highest BCUT2D eigenvalue weighted by Crippen LogP contribution is 2.42. The average Bonchev–Trinajstić information content (AvgIpc) is 3.39. The van der Waals surface area contributed by atoms with E-state index >= 15 is 0 Å². The second-order valence-corrected chi connectivity index (χ2v) is 11.6. The molecule has 1 unspecified atom stereocenters. The number of rotatable bonds is 9. The van der Waals surface area contributed by atoms with Gasteiger partial charge in [0.2, 0.25) is 17.7 Å². The molecule has 1 aliphatic carbocycles. The molecular weight excluding hydrogens is 517 g/mol. The van der Waals surface area contributed by atoms with Crippen LogP contribution >= 0.6 is 0 Å². The van der Waals surface area contributed by atoms with E-state index in [0.29, 0.717) is 25.8 Å². The van der Waals surface area contributed by atoms with Gasteiger partial charge in [0, 0.05) is 19.0 Å². The summed E-state index contributed by atoms with van der Waals surface area (Å²) in [4.78, 5) is 65.5. The van der Waals surface area contributed by atoms with Crippen molar-refractivity contribution in [2.24, 2.45) is 23.2 Å². The molecule has 0 spiro atoms. The van der Waals surface area contributed by atoms with Crippen LogP contribution in [0, 0.1) is 23.2 Å². The van der Waals surface area contributed by atoms with Gasteiger partial charge in [-0.3, -0.25) is 24.0 Å². The Balaban J connectivity index is 1.89. The quantitative estimate of drug-likeness (QED) is 0.376. The minimum atomic E-state index is -5.16. The highest BCUT2D eigenvalue weighted by atomic mass is 19.4. The van der Waals surface area contributed by atoms with Crippen molar-refractivity contribution < 1.29 is 37.1 Å². The van der Waals surface area contributed by atoms with Gasteiger partial charge in [-0.15, -0.1) is 0 Å². The Kier molecular flexibility index (Phi) is 9.48. The first-order valence-electron chi connectivity index (χ1n) is 13.6. The molecule has 3 rings (SSSR count). The molecule has 0 radical (unpaired) electrons. The predicted molar refractivity (Wildman–Crippen MR) is 136 cm³/mol. The van der Waals surface area contributed by atoms with Crippen molar-refractivity contribution in [3.05, 3.63) is 12.7 Å². The number of nitrogens with one attached hydrogen (secondary N) is 3. The molecule has 5 atom stereocenters. The number of carbonyl (C=O) groups is 5. The number of carbonyl (C=O) groups excluding carboxylic acids is 5. The Morgan fingerprint density at radius 3 is 2.31 bits per heavy atom. The SMILES string of the molecule is C=CC(=O)[C@H](C[C@@H]1CCNC1=O)NC(=O)[C@H]1N(C(=O)C(NC(=O)C(F)(F)F)C2CCCCC2)C[C@@H](C)C1(C)C. The number of alkyl halides is 3. The van der Waals surface area contributed by atoms with E-state index in [1.165, 1.54) is 4.90 Å². The molecule has 39 heavy (non-hydrogen) atoms. The maximum absolute atomic E-state index is 13.9. The zero-order valence-electron chi connectivity index (χ0n) is 22.7. The molecule has 12 heteroatoms. The number of ketones is 1. The number of hydrogen-bond acceptors (Lipinski definition) is 5. The first kappa shape index (κ1) is 30.6. The molecule has 3 fully saturated rings. The van der Waals surface area contributed by atoms with E-state index in [1.54, 1.807) is 13.8 Å². The normalized spacial score (nSPS) is 26.9. The van der Waals surface area contributed by atoms with Crippen LogP contribution in [0.5, 0.6) is 0 Å².